The van der Waals surface area contributed by atoms with Crippen LogP contribution in [0.2, 0.25) is 0 Å². The van der Waals surface area contributed by atoms with Gasteiger partial charge in [0.1, 0.15) is 17.2 Å². The first-order valence-corrected chi connectivity index (χ1v) is 5.37. The minimum absolute atomic E-state index is 0.0527. The van der Waals surface area contributed by atoms with Crippen LogP contribution >= 0.6 is 0 Å². The summed E-state index contributed by atoms with van der Waals surface area (Å²) in [5, 5.41) is 9.72. The predicted molar refractivity (Wildman–Crippen MR) is 61.7 cm³/mol. The molecule has 1 unspecified atom stereocenters. The van der Waals surface area contributed by atoms with E-state index in [4.69, 9.17) is 14.2 Å². The fraction of sp³-hybridized carbons (Fsp3) is 0.500. The van der Waals surface area contributed by atoms with Gasteiger partial charge in [-0.1, -0.05) is 0 Å². The van der Waals surface area contributed by atoms with E-state index >= 15 is 0 Å². The van der Waals surface area contributed by atoms with Crippen LogP contribution in [0, 0.1) is 0 Å². The summed E-state index contributed by atoms with van der Waals surface area (Å²) >= 11 is 0. The summed E-state index contributed by atoms with van der Waals surface area (Å²) in [6, 6.07) is 2.77. The van der Waals surface area contributed by atoms with Gasteiger partial charge in [-0.05, 0) is 0 Å². The Bertz CT molecular complexity index is 406. The van der Waals surface area contributed by atoms with Gasteiger partial charge in [0.15, 0.2) is 0 Å². The van der Waals surface area contributed by atoms with Crippen molar-refractivity contribution in [3.63, 3.8) is 0 Å². The van der Waals surface area contributed by atoms with E-state index in [1.165, 1.54) is 33.5 Å². The number of ether oxygens (including phenoxy) is 3. The van der Waals surface area contributed by atoms with Crippen LogP contribution in [-0.2, 0) is 0 Å². The highest BCUT2D eigenvalue weighted by molar-refractivity contribution is 5.51. The summed E-state index contributed by atoms with van der Waals surface area (Å²) in [6.07, 6.45) is -7.64. The van der Waals surface area contributed by atoms with Crippen molar-refractivity contribution in [2.45, 2.75) is 18.7 Å². The van der Waals surface area contributed by atoms with Crippen LogP contribution in [0.5, 0.6) is 17.2 Å². The van der Waals surface area contributed by atoms with Crippen LogP contribution in [0.4, 0.5) is 13.2 Å². The number of aliphatic hydroxyl groups is 1. The highest BCUT2D eigenvalue weighted by Crippen LogP contribution is 2.41. The van der Waals surface area contributed by atoms with Gasteiger partial charge in [-0.15, -0.1) is 0 Å². The molecular formula is C12H15F3O4. The standard InChI is InChI=1S/C12H15F3O4/c1-17-7-4-9(18-2)11(10(5-7)19-3)8(16)6-12(13,14)15/h4-5,8,16H,6H2,1-3H3. The Labute approximate surface area is 108 Å². The fourth-order valence-corrected chi connectivity index (χ4v) is 1.68. The smallest absolute Gasteiger partial charge is 0.391 e. The van der Waals surface area contributed by atoms with Gasteiger partial charge < -0.3 is 19.3 Å². The maximum atomic E-state index is 12.3. The Hall–Kier alpha value is -1.63. The van der Waals surface area contributed by atoms with E-state index in [9.17, 15) is 18.3 Å². The van der Waals surface area contributed by atoms with Gasteiger partial charge >= 0.3 is 6.18 Å². The lowest BCUT2D eigenvalue weighted by atomic mass is 10.0. The first-order valence-electron chi connectivity index (χ1n) is 5.37. The zero-order valence-electron chi connectivity index (χ0n) is 10.7. The van der Waals surface area contributed by atoms with Crippen molar-refractivity contribution < 1.29 is 32.5 Å². The molecule has 19 heavy (non-hydrogen) atoms. The Morgan fingerprint density at radius 2 is 1.53 bits per heavy atom. The Kier molecular flexibility index (Phi) is 4.88. The van der Waals surface area contributed by atoms with Crippen molar-refractivity contribution in [1.29, 1.82) is 0 Å². The van der Waals surface area contributed by atoms with E-state index < -0.39 is 18.7 Å². The quantitative estimate of drug-likeness (QED) is 0.901. The average Bonchev–Trinajstić information content (AvgIpc) is 2.34. The molecule has 1 atom stereocenters. The fourth-order valence-electron chi connectivity index (χ4n) is 1.68. The van der Waals surface area contributed by atoms with Gasteiger partial charge in [0.2, 0.25) is 0 Å². The molecule has 1 N–H and O–H groups in total. The molecule has 0 radical (unpaired) electrons. The lowest BCUT2D eigenvalue weighted by Gasteiger charge is -2.20. The molecule has 0 saturated heterocycles. The van der Waals surface area contributed by atoms with Gasteiger partial charge in [0.25, 0.3) is 0 Å². The number of benzene rings is 1. The van der Waals surface area contributed by atoms with Crippen molar-refractivity contribution in [2.24, 2.45) is 0 Å². The third-order valence-corrected chi connectivity index (χ3v) is 2.51. The van der Waals surface area contributed by atoms with E-state index in [1.54, 1.807) is 0 Å². The summed E-state index contributed by atoms with van der Waals surface area (Å²) in [5.74, 6) is 0.512. The van der Waals surface area contributed by atoms with Crippen molar-refractivity contribution in [3.05, 3.63) is 17.7 Å². The molecule has 0 fully saturated rings. The number of methoxy groups -OCH3 is 3. The second kappa shape index (κ2) is 6.01. The molecule has 1 rings (SSSR count). The normalized spacial score (nSPS) is 13.0. The molecule has 0 amide bonds. The SMILES string of the molecule is COc1cc(OC)c(C(O)CC(F)(F)F)c(OC)c1. The van der Waals surface area contributed by atoms with Gasteiger partial charge in [-0.2, -0.15) is 13.2 Å². The van der Waals surface area contributed by atoms with Gasteiger partial charge in [-0.3, -0.25) is 0 Å². The van der Waals surface area contributed by atoms with Gasteiger partial charge in [0.05, 0.1) is 39.4 Å². The highest BCUT2D eigenvalue weighted by atomic mass is 19.4. The van der Waals surface area contributed by atoms with Crippen LogP contribution in [0.15, 0.2) is 12.1 Å². The molecule has 0 spiro atoms. The van der Waals surface area contributed by atoms with E-state index in [-0.39, 0.29) is 17.1 Å². The average molecular weight is 280 g/mol. The van der Waals surface area contributed by atoms with Gasteiger partial charge in [-0.25, -0.2) is 0 Å². The first kappa shape index (κ1) is 15.4. The van der Waals surface area contributed by atoms with Crippen LogP contribution in [0.25, 0.3) is 0 Å². The highest BCUT2D eigenvalue weighted by Gasteiger charge is 2.34. The number of halogens is 3. The molecule has 108 valence electrons. The topological polar surface area (TPSA) is 47.9 Å². The summed E-state index contributed by atoms with van der Waals surface area (Å²) in [6.45, 7) is 0. The molecular weight excluding hydrogens is 265 g/mol. The van der Waals surface area contributed by atoms with Crippen LogP contribution in [-0.4, -0.2) is 32.6 Å². The second-order valence-corrected chi connectivity index (χ2v) is 3.78. The molecule has 1 aromatic rings. The Balaban J connectivity index is 3.23. The molecule has 7 heteroatoms. The number of aliphatic hydroxyl groups excluding tert-OH is 1. The summed E-state index contributed by atoms with van der Waals surface area (Å²) in [7, 11) is 3.98. The van der Waals surface area contributed by atoms with Crippen molar-refractivity contribution in [3.8, 4) is 17.2 Å². The van der Waals surface area contributed by atoms with Crippen molar-refractivity contribution >= 4 is 0 Å². The Morgan fingerprint density at radius 3 is 1.84 bits per heavy atom. The minimum atomic E-state index is -4.49. The van der Waals surface area contributed by atoms with E-state index in [0.29, 0.717) is 5.75 Å². The molecule has 0 bridgehead atoms. The number of rotatable bonds is 5. The molecule has 0 aliphatic carbocycles. The number of alkyl halides is 3. The molecule has 0 aliphatic heterocycles. The second-order valence-electron chi connectivity index (χ2n) is 3.78. The Morgan fingerprint density at radius 1 is 1.05 bits per heavy atom. The zero-order chi connectivity index (χ0) is 14.6. The molecule has 4 nitrogen and oxygen atoms in total. The molecule has 0 saturated carbocycles. The third-order valence-electron chi connectivity index (χ3n) is 2.51. The third kappa shape index (κ3) is 3.92. The largest absolute Gasteiger partial charge is 0.496 e. The maximum absolute atomic E-state index is 12.3. The summed E-state index contributed by atoms with van der Waals surface area (Å²) in [4.78, 5) is 0. The van der Waals surface area contributed by atoms with Crippen molar-refractivity contribution in [2.75, 3.05) is 21.3 Å². The lowest BCUT2D eigenvalue weighted by molar-refractivity contribution is -0.154. The van der Waals surface area contributed by atoms with Crippen LogP contribution < -0.4 is 14.2 Å². The van der Waals surface area contributed by atoms with E-state index in [1.807, 2.05) is 0 Å². The van der Waals surface area contributed by atoms with Crippen molar-refractivity contribution in [1.82, 2.24) is 0 Å². The van der Waals surface area contributed by atoms with Crippen LogP contribution in [0.3, 0.4) is 0 Å². The first-order chi connectivity index (χ1) is 8.82. The number of hydrogen-bond acceptors (Lipinski definition) is 4. The summed E-state index contributed by atoms with van der Waals surface area (Å²) < 4.78 is 52.0. The molecule has 1 aromatic carbocycles. The molecule has 0 aromatic heterocycles. The molecule has 0 heterocycles. The summed E-state index contributed by atoms with van der Waals surface area (Å²) in [5.41, 5.74) is -0.0527. The van der Waals surface area contributed by atoms with Crippen LogP contribution in [0.1, 0.15) is 18.1 Å². The van der Waals surface area contributed by atoms with E-state index in [2.05, 4.69) is 0 Å². The maximum Gasteiger partial charge on any atom is 0.391 e. The van der Waals surface area contributed by atoms with Gasteiger partial charge in [0, 0.05) is 12.1 Å². The minimum Gasteiger partial charge on any atom is -0.496 e. The monoisotopic (exact) mass is 280 g/mol. The molecule has 0 aliphatic rings. The predicted octanol–water partition coefficient (Wildman–Crippen LogP) is 2.70. The number of hydrogen-bond donors (Lipinski definition) is 1. The zero-order valence-corrected chi connectivity index (χ0v) is 10.7. The van der Waals surface area contributed by atoms with E-state index in [0.717, 1.165) is 0 Å². The lowest BCUT2D eigenvalue weighted by Crippen LogP contribution is -2.15.